The van der Waals surface area contributed by atoms with Crippen LogP contribution in [-0.2, 0) is 4.43 Å². The monoisotopic (exact) mass is 309 g/mol. The number of azide groups is 1. The van der Waals surface area contributed by atoms with Crippen molar-refractivity contribution in [1.82, 2.24) is 0 Å². The quantitative estimate of drug-likeness (QED) is 0.245. The SMILES string of the molecule is CC1=C(O[Si](C(C)C)(C(C)C)C(C)C)CCCC1N=[N+]=[N-]. The molecule has 1 atom stereocenters. The molecule has 1 rings (SSSR count). The Bertz CT molecular complexity index is 415. The smallest absolute Gasteiger partial charge is 0.258 e. The lowest BCUT2D eigenvalue weighted by atomic mass is 9.94. The Morgan fingerprint density at radius 1 is 1.14 bits per heavy atom. The Hall–Kier alpha value is -0.933. The lowest BCUT2D eigenvalue weighted by Gasteiger charge is -2.44. The third kappa shape index (κ3) is 3.64. The molecule has 120 valence electrons. The van der Waals surface area contributed by atoms with E-state index >= 15 is 0 Å². The number of allylic oxidation sites excluding steroid dienone is 1. The van der Waals surface area contributed by atoms with Gasteiger partial charge in [0.2, 0.25) is 0 Å². The zero-order valence-corrected chi connectivity index (χ0v) is 15.7. The van der Waals surface area contributed by atoms with E-state index in [-0.39, 0.29) is 6.04 Å². The van der Waals surface area contributed by atoms with E-state index in [9.17, 15) is 0 Å². The third-order valence-electron chi connectivity index (χ3n) is 5.02. The van der Waals surface area contributed by atoms with Gasteiger partial charge in [-0.2, -0.15) is 0 Å². The molecule has 0 spiro atoms. The van der Waals surface area contributed by atoms with Crippen LogP contribution >= 0.6 is 0 Å². The van der Waals surface area contributed by atoms with Gasteiger partial charge in [-0.25, -0.2) is 0 Å². The van der Waals surface area contributed by atoms with Crippen molar-refractivity contribution >= 4 is 8.32 Å². The summed E-state index contributed by atoms with van der Waals surface area (Å²) in [6.45, 7) is 15.9. The summed E-state index contributed by atoms with van der Waals surface area (Å²) in [4.78, 5) is 2.99. The molecule has 0 aromatic carbocycles. The van der Waals surface area contributed by atoms with Gasteiger partial charge in [0.25, 0.3) is 8.32 Å². The van der Waals surface area contributed by atoms with Crippen LogP contribution in [0.4, 0.5) is 0 Å². The molecule has 0 aliphatic heterocycles. The number of hydrogen-bond donors (Lipinski definition) is 0. The van der Waals surface area contributed by atoms with Crippen LogP contribution in [0.2, 0.25) is 16.6 Å². The summed E-state index contributed by atoms with van der Waals surface area (Å²) in [6.07, 6.45) is 2.99. The zero-order chi connectivity index (χ0) is 16.2. The summed E-state index contributed by atoms with van der Waals surface area (Å²) in [7, 11) is -1.90. The molecule has 0 radical (unpaired) electrons. The second kappa shape index (κ2) is 7.37. The third-order valence-corrected chi connectivity index (χ3v) is 11.0. The predicted octanol–water partition coefficient (Wildman–Crippen LogP) is 6.32. The van der Waals surface area contributed by atoms with Crippen molar-refractivity contribution < 1.29 is 4.43 Å². The molecular formula is C16H31N3OSi. The van der Waals surface area contributed by atoms with Crippen LogP contribution in [0.3, 0.4) is 0 Å². The molecule has 0 fully saturated rings. The van der Waals surface area contributed by atoms with E-state index in [1.54, 1.807) is 0 Å². The maximum Gasteiger partial charge on any atom is 0.258 e. The standard InChI is InChI=1S/C16H31N3OSi/c1-11(2)21(12(3)4,13(5)6)20-16-10-8-9-15(14(16)7)18-19-17/h11-13,15H,8-10H2,1-7H3. The highest BCUT2D eigenvalue weighted by molar-refractivity contribution is 6.77. The van der Waals surface area contributed by atoms with Crippen LogP contribution in [0.5, 0.6) is 0 Å². The molecular weight excluding hydrogens is 278 g/mol. The second-order valence-electron chi connectivity index (χ2n) is 7.14. The first-order valence-electron chi connectivity index (χ1n) is 8.20. The van der Waals surface area contributed by atoms with Crippen LogP contribution in [0.25, 0.3) is 10.4 Å². The molecule has 0 aromatic rings. The van der Waals surface area contributed by atoms with Crippen molar-refractivity contribution in [3.8, 4) is 0 Å². The van der Waals surface area contributed by atoms with Crippen molar-refractivity contribution in [3.05, 3.63) is 21.8 Å². The molecule has 0 saturated heterocycles. The number of nitrogens with zero attached hydrogens (tertiary/aromatic N) is 3. The summed E-state index contributed by atoms with van der Waals surface area (Å²) in [5.41, 5.74) is 11.6. The normalized spacial score (nSPS) is 20.2. The average molecular weight is 310 g/mol. The highest BCUT2D eigenvalue weighted by Crippen LogP contribution is 2.45. The predicted molar refractivity (Wildman–Crippen MR) is 91.6 cm³/mol. The fourth-order valence-electron chi connectivity index (χ4n) is 3.96. The van der Waals surface area contributed by atoms with Gasteiger partial charge in [0.05, 0.1) is 11.8 Å². The molecule has 0 amide bonds. The highest BCUT2D eigenvalue weighted by Gasteiger charge is 2.47. The van der Waals surface area contributed by atoms with Gasteiger partial charge in [0.1, 0.15) is 0 Å². The number of rotatable bonds is 6. The lowest BCUT2D eigenvalue weighted by molar-refractivity contribution is 0.327. The highest BCUT2D eigenvalue weighted by atomic mass is 28.4. The van der Waals surface area contributed by atoms with Crippen LogP contribution in [-0.4, -0.2) is 14.4 Å². The summed E-state index contributed by atoms with van der Waals surface area (Å²) < 4.78 is 6.79. The molecule has 5 heteroatoms. The first-order valence-corrected chi connectivity index (χ1v) is 10.3. The van der Waals surface area contributed by atoms with E-state index in [0.717, 1.165) is 30.6 Å². The van der Waals surface area contributed by atoms with Crippen LogP contribution in [0.1, 0.15) is 67.7 Å². The molecule has 0 aromatic heterocycles. The van der Waals surface area contributed by atoms with Gasteiger partial charge in [-0.3, -0.25) is 0 Å². The van der Waals surface area contributed by atoms with Crippen LogP contribution in [0.15, 0.2) is 16.4 Å². The van der Waals surface area contributed by atoms with Crippen LogP contribution < -0.4 is 0 Å². The summed E-state index contributed by atoms with van der Waals surface area (Å²) in [6, 6.07) is -0.0167. The minimum absolute atomic E-state index is 0.0167. The molecule has 0 N–H and O–H groups in total. The fraction of sp³-hybridized carbons (Fsp3) is 0.875. The minimum Gasteiger partial charge on any atom is -0.546 e. The Labute approximate surface area is 130 Å². The van der Waals surface area contributed by atoms with Gasteiger partial charge in [-0.15, -0.1) is 0 Å². The van der Waals surface area contributed by atoms with Gasteiger partial charge in [0.15, 0.2) is 0 Å². The van der Waals surface area contributed by atoms with Gasteiger partial charge >= 0.3 is 0 Å². The molecule has 0 bridgehead atoms. The molecule has 1 aliphatic rings. The molecule has 1 aliphatic carbocycles. The Kier molecular flexibility index (Phi) is 6.35. The van der Waals surface area contributed by atoms with Gasteiger partial charge in [0, 0.05) is 11.3 Å². The van der Waals surface area contributed by atoms with Gasteiger partial charge < -0.3 is 4.43 Å². The van der Waals surface area contributed by atoms with Gasteiger partial charge in [-0.05, 0) is 47.5 Å². The molecule has 0 heterocycles. The van der Waals surface area contributed by atoms with Crippen LogP contribution in [0, 0.1) is 0 Å². The number of hydrogen-bond acceptors (Lipinski definition) is 2. The second-order valence-corrected chi connectivity index (χ2v) is 12.5. The molecule has 1 unspecified atom stereocenters. The van der Waals surface area contributed by atoms with Gasteiger partial charge in [-0.1, -0.05) is 46.7 Å². The van der Waals surface area contributed by atoms with E-state index in [1.165, 1.54) is 0 Å². The van der Waals surface area contributed by atoms with E-state index in [1.807, 2.05) is 0 Å². The maximum absolute atomic E-state index is 8.72. The Morgan fingerprint density at radius 2 is 1.67 bits per heavy atom. The molecule has 4 nitrogen and oxygen atoms in total. The fourth-order valence-corrected chi connectivity index (χ4v) is 9.36. The maximum atomic E-state index is 8.72. The summed E-state index contributed by atoms with van der Waals surface area (Å²) >= 11 is 0. The van der Waals surface area contributed by atoms with Crippen molar-refractivity contribution in [2.24, 2.45) is 5.11 Å². The topological polar surface area (TPSA) is 58.0 Å². The molecule has 21 heavy (non-hydrogen) atoms. The molecule has 0 saturated carbocycles. The summed E-state index contributed by atoms with van der Waals surface area (Å²) in [5, 5.41) is 3.94. The van der Waals surface area contributed by atoms with E-state index in [4.69, 9.17) is 9.96 Å². The minimum atomic E-state index is -1.90. The van der Waals surface area contributed by atoms with E-state index < -0.39 is 8.32 Å². The average Bonchev–Trinajstić information content (AvgIpc) is 2.38. The Morgan fingerprint density at radius 3 is 2.10 bits per heavy atom. The van der Waals surface area contributed by atoms with E-state index in [2.05, 4.69) is 58.5 Å². The van der Waals surface area contributed by atoms with Crippen molar-refractivity contribution in [2.75, 3.05) is 0 Å². The largest absolute Gasteiger partial charge is 0.546 e. The van der Waals surface area contributed by atoms with Crippen molar-refractivity contribution in [3.63, 3.8) is 0 Å². The lowest BCUT2D eigenvalue weighted by Crippen LogP contribution is -2.48. The first-order chi connectivity index (χ1) is 9.77. The zero-order valence-electron chi connectivity index (χ0n) is 14.7. The summed E-state index contributed by atoms with van der Waals surface area (Å²) in [5.74, 6) is 1.11. The Balaban J connectivity index is 3.19. The van der Waals surface area contributed by atoms with Crippen molar-refractivity contribution in [2.45, 2.75) is 90.4 Å². The first kappa shape index (κ1) is 18.1. The van der Waals surface area contributed by atoms with Crippen molar-refractivity contribution in [1.29, 1.82) is 0 Å². The van der Waals surface area contributed by atoms with E-state index in [0.29, 0.717) is 16.6 Å².